The summed E-state index contributed by atoms with van der Waals surface area (Å²) in [4.78, 5) is 11.8. The van der Waals surface area contributed by atoms with Crippen LogP contribution in [0.5, 0.6) is 0 Å². The Labute approximate surface area is 98.4 Å². The normalized spacial score (nSPS) is 12.0. The van der Waals surface area contributed by atoms with Gasteiger partial charge >= 0.3 is 0 Å². The monoisotopic (exact) mass is 237 g/mol. The summed E-state index contributed by atoms with van der Waals surface area (Å²) in [5.41, 5.74) is 1.62. The average Bonchev–Trinajstić information content (AvgIpc) is 2.85. The predicted molar refractivity (Wildman–Crippen MR) is 64.3 cm³/mol. The summed E-state index contributed by atoms with van der Waals surface area (Å²) in [5, 5.41) is 12.0. The number of hydrogen-bond acceptors (Lipinski definition) is 4. The third kappa shape index (κ3) is 2.15. The van der Waals surface area contributed by atoms with E-state index in [9.17, 15) is 0 Å². The Bertz CT molecular complexity index is 481. The van der Waals surface area contributed by atoms with Crippen LogP contribution in [0, 0.1) is 0 Å². The van der Waals surface area contributed by atoms with Crippen molar-refractivity contribution in [1.82, 2.24) is 15.0 Å². The van der Waals surface area contributed by atoms with Crippen molar-refractivity contribution in [2.75, 3.05) is 0 Å². The van der Waals surface area contributed by atoms with Crippen LogP contribution in [-0.4, -0.2) is 20.1 Å². The summed E-state index contributed by atoms with van der Waals surface area (Å²) < 4.78 is 0. The third-order valence-corrected chi connectivity index (χ3v) is 3.46. The molecule has 4 nitrogen and oxygen atoms in total. The highest BCUT2D eigenvalue weighted by Gasteiger charge is 2.19. The van der Waals surface area contributed by atoms with Crippen molar-refractivity contribution in [3.05, 3.63) is 22.3 Å². The second kappa shape index (κ2) is 3.99. The molecular formula is C11H15N3OS. The van der Waals surface area contributed by atoms with E-state index in [1.165, 1.54) is 0 Å². The van der Waals surface area contributed by atoms with Gasteiger partial charge in [-0.1, -0.05) is 20.8 Å². The zero-order valence-corrected chi connectivity index (χ0v) is 10.4. The van der Waals surface area contributed by atoms with Crippen LogP contribution in [0.4, 0.5) is 0 Å². The van der Waals surface area contributed by atoms with Crippen LogP contribution in [0.3, 0.4) is 0 Å². The predicted octanol–water partition coefficient (Wildman–Crippen LogP) is 2.32. The van der Waals surface area contributed by atoms with Crippen molar-refractivity contribution >= 4 is 11.3 Å². The van der Waals surface area contributed by atoms with Gasteiger partial charge in [-0.25, -0.2) is 9.97 Å². The molecule has 0 bridgehead atoms. The minimum atomic E-state index is -0.0245. The largest absolute Gasteiger partial charge is 0.390 e. The molecule has 0 amide bonds. The number of aromatic nitrogens is 3. The van der Waals surface area contributed by atoms with Gasteiger partial charge in [0.05, 0.1) is 23.5 Å². The molecule has 86 valence electrons. The minimum absolute atomic E-state index is 0.0245. The Morgan fingerprint density at radius 2 is 2.19 bits per heavy atom. The average molecular weight is 237 g/mol. The summed E-state index contributed by atoms with van der Waals surface area (Å²) in [6.07, 6.45) is 1.63. The Morgan fingerprint density at radius 1 is 1.44 bits per heavy atom. The second-order valence-electron chi connectivity index (χ2n) is 4.70. The zero-order chi connectivity index (χ0) is 11.8. The van der Waals surface area contributed by atoms with E-state index in [1.807, 2.05) is 5.38 Å². The lowest BCUT2D eigenvalue weighted by atomic mass is 9.98. The van der Waals surface area contributed by atoms with Crippen LogP contribution >= 0.6 is 11.3 Å². The molecular weight excluding hydrogens is 222 g/mol. The molecule has 2 aromatic rings. The lowest BCUT2D eigenvalue weighted by Crippen LogP contribution is -2.10. The summed E-state index contributed by atoms with van der Waals surface area (Å²) >= 11 is 1.63. The van der Waals surface area contributed by atoms with Gasteiger partial charge in [-0.2, -0.15) is 0 Å². The van der Waals surface area contributed by atoms with Gasteiger partial charge in [-0.15, -0.1) is 11.3 Å². The topological polar surface area (TPSA) is 61.8 Å². The molecule has 2 heterocycles. The van der Waals surface area contributed by atoms with Crippen LogP contribution in [-0.2, 0) is 12.0 Å². The van der Waals surface area contributed by atoms with Crippen LogP contribution in [0.15, 0.2) is 11.6 Å². The fourth-order valence-corrected chi connectivity index (χ4v) is 2.19. The van der Waals surface area contributed by atoms with Crippen LogP contribution in [0.2, 0.25) is 0 Å². The molecule has 2 aromatic heterocycles. The first-order valence-corrected chi connectivity index (χ1v) is 6.00. The first-order valence-electron chi connectivity index (χ1n) is 5.12. The van der Waals surface area contributed by atoms with Gasteiger partial charge in [-0.3, -0.25) is 0 Å². The van der Waals surface area contributed by atoms with Crippen molar-refractivity contribution in [2.45, 2.75) is 32.8 Å². The maximum absolute atomic E-state index is 8.94. The summed E-state index contributed by atoms with van der Waals surface area (Å²) in [7, 11) is 0. The molecule has 0 fully saturated rings. The molecule has 5 heteroatoms. The van der Waals surface area contributed by atoms with Gasteiger partial charge in [-0.05, 0) is 0 Å². The maximum Gasteiger partial charge on any atom is 0.157 e. The van der Waals surface area contributed by atoms with Gasteiger partial charge in [0, 0.05) is 10.8 Å². The van der Waals surface area contributed by atoms with E-state index in [4.69, 9.17) is 5.11 Å². The first kappa shape index (κ1) is 11.3. The summed E-state index contributed by atoms with van der Waals surface area (Å²) in [6, 6.07) is 0. The van der Waals surface area contributed by atoms with Crippen molar-refractivity contribution in [3.63, 3.8) is 0 Å². The molecule has 0 spiro atoms. The number of H-pyrrole nitrogens is 1. The van der Waals surface area contributed by atoms with Gasteiger partial charge in [0.1, 0.15) is 5.69 Å². The van der Waals surface area contributed by atoms with Gasteiger partial charge in [0.2, 0.25) is 0 Å². The Morgan fingerprint density at radius 3 is 2.69 bits per heavy atom. The Hall–Kier alpha value is -1.20. The molecule has 2 rings (SSSR count). The number of nitrogens with one attached hydrogen (secondary N) is 1. The van der Waals surface area contributed by atoms with Crippen LogP contribution in [0.1, 0.15) is 31.5 Å². The molecule has 2 N–H and O–H groups in total. The van der Waals surface area contributed by atoms with E-state index in [2.05, 4.69) is 35.7 Å². The number of aliphatic hydroxyl groups is 1. The molecule has 0 aromatic carbocycles. The molecule has 0 saturated heterocycles. The number of nitrogens with zero attached hydrogens (tertiary/aromatic N) is 2. The number of aromatic amines is 1. The van der Waals surface area contributed by atoms with E-state index in [-0.39, 0.29) is 12.0 Å². The Kier molecular flexibility index (Phi) is 2.82. The van der Waals surface area contributed by atoms with E-state index in [1.54, 1.807) is 17.5 Å². The molecule has 0 saturated carbocycles. The molecule has 0 unspecified atom stereocenters. The second-order valence-corrected chi connectivity index (χ2v) is 5.56. The van der Waals surface area contributed by atoms with Crippen LogP contribution < -0.4 is 0 Å². The van der Waals surface area contributed by atoms with Crippen molar-refractivity contribution in [2.24, 2.45) is 0 Å². The van der Waals surface area contributed by atoms with Crippen molar-refractivity contribution < 1.29 is 5.11 Å². The minimum Gasteiger partial charge on any atom is -0.390 e. The Balaban J connectivity index is 2.31. The maximum atomic E-state index is 8.94. The molecule has 0 aliphatic rings. The number of aliphatic hydroxyl groups excluding tert-OH is 1. The first-order chi connectivity index (χ1) is 7.50. The third-order valence-electron chi connectivity index (χ3n) is 2.19. The number of imidazole rings is 1. The number of hydrogen-bond donors (Lipinski definition) is 2. The van der Waals surface area contributed by atoms with Crippen LogP contribution in [0.25, 0.3) is 11.5 Å². The molecule has 16 heavy (non-hydrogen) atoms. The van der Waals surface area contributed by atoms with Gasteiger partial charge in [0.25, 0.3) is 0 Å². The molecule has 0 atom stereocenters. The van der Waals surface area contributed by atoms with E-state index in [0.717, 1.165) is 16.5 Å². The van der Waals surface area contributed by atoms with Gasteiger partial charge < -0.3 is 10.1 Å². The molecule has 0 aliphatic carbocycles. The number of thiazole rings is 1. The highest BCUT2D eigenvalue weighted by Crippen LogP contribution is 2.28. The fourth-order valence-electron chi connectivity index (χ4n) is 1.30. The van der Waals surface area contributed by atoms with Gasteiger partial charge in [0.15, 0.2) is 5.82 Å². The summed E-state index contributed by atoms with van der Waals surface area (Å²) in [5.74, 6) is 0.718. The smallest absolute Gasteiger partial charge is 0.157 e. The quantitative estimate of drug-likeness (QED) is 0.842. The van der Waals surface area contributed by atoms with E-state index < -0.39 is 0 Å². The summed E-state index contributed by atoms with van der Waals surface area (Å²) in [6.45, 7) is 6.38. The standard InChI is InChI=1S/C11H15N3OS/c1-11(2,3)10-14-8(6-16-10)9-12-4-7(5-15)13-9/h4,6,15H,5H2,1-3H3,(H,12,13). The number of rotatable bonds is 2. The lowest BCUT2D eigenvalue weighted by molar-refractivity contribution is 0.277. The molecule has 0 aliphatic heterocycles. The van der Waals surface area contributed by atoms with E-state index >= 15 is 0 Å². The highest BCUT2D eigenvalue weighted by atomic mass is 32.1. The van der Waals surface area contributed by atoms with Crippen molar-refractivity contribution in [3.8, 4) is 11.5 Å². The SMILES string of the molecule is CC(C)(C)c1nc(-c2ncc(CO)[nH]2)cs1. The fraction of sp³-hybridized carbons (Fsp3) is 0.455. The van der Waals surface area contributed by atoms with E-state index in [0.29, 0.717) is 5.69 Å². The lowest BCUT2D eigenvalue weighted by Gasteiger charge is -2.13. The zero-order valence-electron chi connectivity index (χ0n) is 9.61. The van der Waals surface area contributed by atoms with Crippen molar-refractivity contribution in [1.29, 1.82) is 0 Å². The molecule has 0 radical (unpaired) electrons. The highest BCUT2D eigenvalue weighted by molar-refractivity contribution is 7.10.